The third-order valence-electron chi connectivity index (χ3n) is 3.40. The van der Waals surface area contributed by atoms with Crippen LogP contribution in [-0.4, -0.2) is 28.2 Å². The number of hydrogen-bond acceptors (Lipinski definition) is 3. The largest absolute Gasteiger partial charge is 0.481 e. The van der Waals surface area contributed by atoms with Crippen LogP contribution < -0.4 is 0 Å². The molecule has 122 valence electrons. The van der Waals surface area contributed by atoms with Crippen molar-refractivity contribution in [3.8, 4) is 11.3 Å². The molecule has 0 radical (unpaired) electrons. The minimum absolute atomic E-state index is 0.0205. The number of aromatic nitrogens is 1. The van der Waals surface area contributed by atoms with E-state index in [4.69, 9.17) is 9.84 Å². The summed E-state index contributed by atoms with van der Waals surface area (Å²) >= 11 is 3.40. The molecule has 0 aliphatic carbocycles. The first-order valence-corrected chi connectivity index (χ1v) is 8.12. The number of ether oxygens (including phenoxy) is 1. The monoisotopic (exact) mass is 379 g/mol. The van der Waals surface area contributed by atoms with Gasteiger partial charge in [0.05, 0.1) is 13.0 Å². The van der Waals surface area contributed by atoms with Crippen molar-refractivity contribution in [3.05, 3.63) is 46.6 Å². The Bertz CT molecular complexity index is 691. The van der Waals surface area contributed by atoms with Crippen molar-refractivity contribution >= 4 is 27.9 Å². The fourth-order valence-corrected chi connectivity index (χ4v) is 2.62. The normalized spacial score (nSPS) is 10.5. The van der Waals surface area contributed by atoms with Gasteiger partial charge in [0, 0.05) is 15.9 Å². The molecular weight excluding hydrogens is 362 g/mol. The van der Waals surface area contributed by atoms with E-state index in [-0.39, 0.29) is 18.9 Å². The fraction of sp³-hybridized carbons (Fsp3) is 0.294. The lowest BCUT2D eigenvalue weighted by atomic mass is 10.1. The molecule has 0 bridgehead atoms. The molecule has 2 aromatic rings. The average Bonchev–Trinajstić information content (AvgIpc) is 2.89. The van der Waals surface area contributed by atoms with Crippen LogP contribution in [0.15, 0.2) is 40.9 Å². The number of aliphatic carboxylic acids is 1. The standard InChI is InChI=1S/C17H18BrNO4/c1-2-23-17(22)11-19-14(8-10-16(20)21)7-9-15(19)12-3-5-13(18)6-4-12/h3-7,9H,2,8,10-11H2,1H3,(H,20,21). The second kappa shape index (κ2) is 7.97. The zero-order chi connectivity index (χ0) is 16.8. The van der Waals surface area contributed by atoms with Crippen molar-refractivity contribution in [1.82, 2.24) is 4.57 Å². The van der Waals surface area contributed by atoms with Gasteiger partial charge in [0.2, 0.25) is 0 Å². The summed E-state index contributed by atoms with van der Waals surface area (Å²) in [6.07, 6.45) is 0.387. The minimum atomic E-state index is -0.862. The SMILES string of the molecule is CCOC(=O)Cn1c(CCC(=O)O)ccc1-c1ccc(Br)cc1. The number of benzene rings is 1. The summed E-state index contributed by atoms with van der Waals surface area (Å²) in [4.78, 5) is 22.7. The second-order valence-corrected chi connectivity index (χ2v) is 5.92. The van der Waals surface area contributed by atoms with Gasteiger partial charge in [-0.05, 0) is 43.2 Å². The fourth-order valence-electron chi connectivity index (χ4n) is 2.36. The lowest BCUT2D eigenvalue weighted by Crippen LogP contribution is -2.16. The Kier molecular flexibility index (Phi) is 5.98. The van der Waals surface area contributed by atoms with Gasteiger partial charge in [-0.25, -0.2) is 0 Å². The third kappa shape index (κ3) is 4.69. The summed E-state index contributed by atoms with van der Waals surface area (Å²) in [7, 11) is 0. The summed E-state index contributed by atoms with van der Waals surface area (Å²) in [6.45, 7) is 2.15. The Morgan fingerprint density at radius 3 is 2.48 bits per heavy atom. The summed E-state index contributed by atoms with van der Waals surface area (Å²) in [5.41, 5.74) is 2.63. The van der Waals surface area contributed by atoms with Gasteiger partial charge in [-0.3, -0.25) is 9.59 Å². The first-order chi connectivity index (χ1) is 11.0. The number of carbonyl (C=O) groups excluding carboxylic acids is 1. The first kappa shape index (κ1) is 17.3. The molecule has 0 aliphatic heterocycles. The lowest BCUT2D eigenvalue weighted by molar-refractivity contribution is -0.143. The molecule has 0 amide bonds. The maximum Gasteiger partial charge on any atom is 0.325 e. The van der Waals surface area contributed by atoms with E-state index in [1.165, 1.54) is 0 Å². The summed E-state index contributed by atoms with van der Waals surface area (Å²) in [5, 5.41) is 8.88. The van der Waals surface area contributed by atoms with E-state index in [1.54, 1.807) is 6.92 Å². The van der Waals surface area contributed by atoms with Crippen molar-refractivity contribution in [3.63, 3.8) is 0 Å². The number of esters is 1. The van der Waals surface area contributed by atoms with Gasteiger partial charge in [0.1, 0.15) is 6.54 Å². The molecule has 0 saturated heterocycles. The van der Waals surface area contributed by atoms with Gasteiger partial charge >= 0.3 is 11.9 Å². The van der Waals surface area contributed by atoms with Crippen LogP contribution in [0.2, 0.25) is 0 Å². The first-order valence-electron chi connectivity index (χ1n) is 7.33. The molecule has 0 aliphatic rings. The molecular formula is C17H18BrNO4. The summed E-state index contributed by atoms with van der Waals surface area (Å²) in [6, 6.07) is 11.5. The topological polar surface area (TPSA) is 68.5 Å². The molecule has 0 spiro atoms. The Morgan fingerprint density at radius 2 is 1.87 bits per heavy atom. The highest BCUT2D eigenvalue weighted by molar-refractivity contribution is 9.10. The molecule has 1 aromatic heterocycles. The molecule has 23 heavy (non-hydrogen) atoms. The van der Waals surface area contributed by atoms with Crippen LogP contribution in [0.5, 0.6) is 0 Å². The van der Waals surface area contributed by atoms with Crippen LogP contribution in [0, 0.1) is 0 Å². The number of carbonyl (C=O) groups is 2. The Balaban J connectivity index is 2.34. The molecule has 0 unspecified atom stereocenters. The quantitative estimate of drug-likeness (QED) is 0.747. The van der Waals surface area contributed by atoms with Gasteiger partial charge in [0.15, 0.2) is 0 Å². The maximum atomic E-state index is 11.9. The van der Waals surface area contributed by atoms with E-state index < -0.39 is 5.97 Å². The van der Waals surface area contributed by atoms with Crippen molar-refractivity contribution in [2.75, 3.05) is 6.61 Å². The van der Waals surface area contributed by atoms with Crippen molar-refractivity contribution in [2.24, 2.45) is 0 Å². The van der Waals surface area contributed by atoms with Crippen LogP contribution in [0.3, 0.4) is 0 Å². The Hall–Kier alpha value is -2.08. The Labute approximate surface area is 143 Å². The highest BCUT2D eigenvalue weighted by Crippen LogP contribution is 2.25. The maximum absolute atomic E-state index is 11.9. The van der Waals surface area contributed by atoms with Crippen molar-refractivity contribution in [2.45, 2.75) is 26.3 Å². The van der Waals surface area contributed by atoms with E-state index >= 15 is 0 Å². The minimum Gasteiger partial charge on any atom is -0.481 e. The lowest BCUT2D eigenvalue weighted by Gasteiger charge is -2.13. The predicted molar refractivity (Wildman–Crippen MR) is 90.2 cm³/mol. The molecule has 0 saturated carbocycles. The van der Waals surface area contributed by atoms with Gasteiger partial charge in [-0.15, -0.1) is 0 Å². The predicted octanol–water partition coefficient (Wildman–Crippen LogP) is 3.50. The van der Waals surface area contributed by atoms with Gasteiger partial charge in [0.25, 0.3) is 0 Å². The number of carboxylic acid groups (broad SMARTS) is 1. The third-order valence-corrected chi connectivity index (χ3v) is 3.93. The van der Waals surface area contributed by atoms with Crippen LogP contribution in [-0.2, 0) is 27.3 Å². The number of rotatable bonds is 7. The Morgan fingerprint density at radius 1 is 1.17 bits per heavy atom. The molecule has 1 aromatic carbocycles. The van der Waals surface area contributed by atoms with Crippen LogP contribution in [0.1, 0.15) is 19.0 Å². The zero-order valence-electron chi connectivity index (χ0n) is 12.8. The average molecular weight is 380 g/mol. The van der Waals surface area contributed by atoms with E-state index in [1.807, 2.05) is 41.0 Å². The number of hydrogen-bond donors (Lipinski definition) is 1. The van der Waals surface area contributed by atoms with E-state index in [2.05, 4.69) is 15.9 Å². The number of nitrogens with zero attached hydrogens (tertiary/aromatic N) is 1. The molecule has 6 heteroatoms. The number of aryl methyl sites for hydroxylation is 1. The molecule has 0 fully saturated rings. The van der Waals surface area contributed by atoms with Crippen LogP contribution >= 0.6 is 15.9 Å². The van der Waals surface area contributed by atoms with Gasteiger partial charge in [-0.1, -0.05) is 28.1 Å². The van der Waals surface area contributed by atoms with Gasteiger partial charge in [-0.2, -0.15) is 0 Å². The highest BCUT2D eigenvalue weighted by atomic mass is 79.9. The van der Waals surface area contributed by atoms with Crippen LogP contribution in [0.25, 0.3) is 11.3 Å². The molecule has 1 N–H and O–H groups in total. The smallest absolute Gasteiger partial charge is 0.325 e. The van der Waals surface area contributed by atoms with Crippen molar-refractivity contribution in [1.29, 1.82) is 0 Å². The summed E-state index contributed by atoms with van der Waals surface area (Å²) < 4.78 is 7.81. The number of carboxylic acids is 1. The van der Waals surface area contributed by atoms with E-state index in [0.29, 0.717) is 13.0 Å². The second-order valence-electron chi connectivity index (χ2n) is 5.00. The summed E-state index contributed by atoms with van der Waals surface area (Å²) in [5.74, 6) is -1.20. The highest BCUT2D eigenvalue weighted by Gasteiger charge is 2.14. The van der Waals surface area contributed by atoms with Crippen molar-refractivity contribution < 1.29 is 19.4 Å². The van der Waals surface area contributed by atoms with E-state index in [0.717, 1.165) is 21.4 Å². The zero-order valence-corrected chi connectivity index (χ0v) is 14.4. The molecule has 1 heterocycles. The van der Waals surface area contributed by atoms with Gasteiger partial charge < -0.3 is 14.4 Å². The molecule has 2 rings (SSSR count). The molecule has 5 nitrogen and oxygen atoms in total. The van der Waals surface area contributed by atoms with E-state index in [9.17, 15) is 9.59 Å². The number of halogens is 1. The van der Waals surface area contributed by atoms with Crippen LogP contribution in [0.4, 0.5) is 0 Å². The molecule has 0 atom stereocenters.